The van der Waals surface area contributed by atoms with Crippen molar-refractivity contribution >= 4 is 6.08 Å². The number of hydrogen-bond acceptors (Lipinski definition) is 1. The first-order valence-electron chi connectivity index (χ1n) is 6.40. The summed E-state index contributed by atoms with van der Waals surface area (Å²) in [5, 5.41) is 3.13. The van der Waals surface area contributed by atoms with Gasteiger partial charge in [-0.15, -0.1) is 0 Å². The van der Waals surface area contributed by atoms with Gasteiger partial charge >= 0.3 is 0 Å². The summed E-state index contributed by atoms with van der Waals surface area (Å²) in [4.78, 5) is 0. The van der Waals surface area contributed by atoms with Crippen LogP contribution in [0.3, 0.4) is 0 Å². The summed E-state index contributed by atoms with van der Waals surface area (Å²) in [5.74, 6) is -9.55. The summed E-state index contributed by atoms with van der Waals surface area (Å²) < 4.78 is 66.1. The van der Waals surface area contributed by atoms with Gasteiger partial charge in [-0.3, -0.25) is 0 Å². The smallest absolute Gasteiger partial charge is 0.200 e. The average molecular weight is 291 g/mol. The highest BCUT2D eigenvalue weighted by Crippen LogP contribution is 2.26. The zero-order valence-electron chi connectivity index (χ0n) is 10.9. The van der Waals surface area contributed by atoms with Gasteiger partial charge in [0.2, 0.25) is 5.82 Å². The van der Waals surface area contributed by atoms with Crippen molar-refractivity contribution in [3.63, 3.8) is 0 Å². The minimum atomic E-state index is -2.13. The average Bonchev–Trinajstić information content (AvgIpc) is 3.26. The molecule has 110 valence electrons. The van der Waals surface area contributed by atoms with Crippen molar-refractivity contribution < 1.29 is 22.0 Å². The first-order chi connectivity index (χ1) is 9.45. The van der Waals surface area contributed by atoms with Gasteiger partial charge in [-0.1, -0.05) is 12.5 Å². The second kappa shape index (κ2) is 5.91. The molecule has 2 rings (SSSR count). The van der Waals surface area contributed by atoms with Crippen LogP contribution in [0.5, 0.6) is 0 Å². The lowest BCUT2D eigenvalue weighted by Gasteiger charge is -2.09. The van der Waals surface area contributed by atoms with Gasteiger partial charge in [0.1, 0.15) is 0 Å². The van der Waals surface area contributed by atoms with Crippen molar-refractivity contribution in [2.75, 3.05) is 6.54 Å². The Labute approximate surface area is 113 Å². The minimum absolute atomic E-state index is 0.376. The van der Waals surface area contributed by atoms with Crippen molar-refractivity contribution in [3.05, 3.63) is 40.2 Å². The molecule has 1 aliphatic carbocycles. The molecule has 0 spiro atoms. The van der Waals surface area contributed by atoms with Crippen LogP contribution in [-0.4, -0.2) is 12.6 Å². The van der Waals surface area contributed by atoms with Gasteiger partial charge in [0.05, 0.1) is 5.56 Å². The fourth-order valence-electron chi connectivity index (χ4n) is 1.79. The molecule has 0 aliphatic heterocycles. The second-order valence-corrected chi connectivity index (χ2v) is 4.79. The van der Waals surface area contributed by atoms with Crippen molar-refractivity contribution in [1.82, 2.24) is 5.32 Å². The molecule has 0 atom stereocenters. The van der Waals surface area contributed by atoms with E-state index in [-0.39, 0.29) is 0 Å². The van der Waals surface area contributed by atoms with Crippen LogP contribution in [0, 0.1) is 29.1 Å². The number of halogens is 5. The lowest BCUT2D eigenvalue weighted by molar-refractivity contribution is 0.377. The molecular formula is C14H14F5N. The number of nitrogens with one attached hydrogen (secondary N) is 1. The maximum Gasteiger partial charge on any atom is 0.200 e. The molecule has 1 aromatic carbocycles. The zero-order chi connectivity index (χ0) is 14.9. The van der Waals surface area contributed by atoms with E-state index < -0.39 is 34.6 Å². The largest absolute Gasteiger partial charge is 0.310 e. The van der Waals surface area contributed by atoms with E-state index in [2.05, 4.69) is 5.32 Å². The third kappa shape index (κ3) is 3.00. The molecule has 6 heteroatoms. The molecular weight excluding hydrogens is 277 g/mol. The van der Waals surface area contributed by atoms with Gasteiger partial charge < -0.3 is 5.32 Å². The Hall–Kier alpha value is -1.43. The molecule has 1 nitrogen and oxygen atoms in total. The predicted octanol–water partition coefficient (Wildman–Crippen LogP) is 3.93. The van der Waals surface area contributed by atoms with E-state index in [0.29, 0.717) is 24.6 Å². The van der Waals surface area contributed by atoms with E-state index in [1.54, 1.807) is 6.92 Å². The van der Waals surface area contributed by atoms with E-state index in [4.69, 9.17) is 0 Å². The summed E-state index contributed by atoms with van der Waals surface area (Å²) in [6.45, 7) is 2.13. The molecule has 1 N–H and O–H groups in total. The highest BCUT2D eigenvalue weighted by Gasteiger charge is 2.25. The minimum Gasteiger partial charge on any atom is -0.310 e. The van der Waals surface area contributed by atoms with Crippen LogP contribution in [0.25, 0.3) is 6.08 Å². The van der Waals surface area contributed by atoms with E-state index in [0.717, 1.165) is 18.9 Å². The molecule has 0 radical (unpaired) electrons. The molecule has 0 amide bonds. The van der Waals surface area contributed by atoms with E-state index in [1.165, 1.54) is 0 Å². The van der Waals surface area contributed by atoms with Gasteiger partial charge in [-0.2, -0.15) is 0 Å². The third-order valence-electron chi connectivity index (χ3n) is 3.24. The molecule has 0 bridgehead atoms. The number of rotatable bonds is 5. The normalized spacial score (nSPS) is 15.8. The van der Waals surface area contributed by atoms with E-state index in [1.807, 2.05) is 0 Å². The van der Waals surface area contributed by atoms with Crippen molar-refractivity contribution in [2.24, 2.45) is 0 Å². The first-order valence-corrected chi connectivity index (χ1v) is 6.40. The standard InChI is InChI=1S/C14H14F5N/c1-2-7(6-20-8-3-4-8)5-9-10(15)12(17)14(19)13(18)11(9)16/h5,8,20H,2-4,6H2,1H3. The Morgan fingerprint density at radius 2 is 1.50 bits per heavy atom. The highest BCUT2D eigenvalue weighted by molar-refractivity contribution is 5.55. The topological polar surface area (TPSA) is 12.0 Å². The zero-order valence-corrected chi connectivity index (χ0v) is 10.9. The van der Waals surface area contributed by atoms with Gasteiger partial charge in [-0.05, 0) is 25.3 Å². The predicted molar refractivity (Wildman–Crippen MR) is 65.5 cm³/mol. The van der Waals surface area contributed by atoms with Crippen molar-refractivity contribution in [3.8, 4) is 0 Å². The first kappa shape index (κ1) is 15.0. The summed E-state index contributed by atoms with van der Waals surface area (Å²) in [5.41, 5.74) is -0.295. The Bertz CT molecular complexity index is 520. The van der Waals surface area contributed by atoms with Crippen LogP contribution in [0.1, 0.15) is 31.7 Å². The Kier molecular flexibility index (Phi) is 4.42. The monoisotopic (exact) mass is 291 g/mol. The molecule has 1 fully saturated rings. The van der Waals surface area contributed by atoms with Gasteiger partial charge in [0.25, 0.3) is 0 Å². The van der Waals surface area contributed by atoms with E-state index in [9.17, 15) is 22.0 Å². The van der Waals surface area contributed by atoms with Crippen LogP contribution in [0.15, 0.2) is 5.57 Å². The molecule has 0 saturated heterocycles. The second-order valence-electron chi connectivity index (χ2n) is 4.79. The molecule has 1 aliphatic rings. The molecule has 1 saturated carbocycles. The highest BCUT2D eigenvalue weighted by atomic mass is 19.2. The number of hydrogen-bond donors (Lipinski definition) is 1. The Morgan fingerprint density at radius 1 is 1.00 bits per heavy atom. The van der Waals surface area contributed by atoms with Crippen LogP contribution >= 0.6 is 0 Å². The fourth-order valence-corrected chi connectivity index (χ4v) is 1.79. The lowest BCUT2D eigenvalue weighted by atomic mass is 10.1. The van der Waals surface area contributed by atoms with E-state index >= 15 is 0 Å². The van der Waals surface area contributed by atoms with Crippen molar-refractivity contribution in [2.45, 2.75) is 32.2 Å². The Balaban J connectivity index is 2.34. The lowest BCUT2D eigenvalue weighted by Crippen LogP contribution is -2.19. The molecule has 20 heavy (non-hydrogen) atoms. The SMILES string of the molecule is CCC(=Cc1c(F)c(F)c(F)c(F)c1F)CNC1CC1. The molecule has 1 aromatic rings. The maximum absolute atomic E-state index is 13.5. The summed E-state index contributed by atoms with van der Waals surface area (Å²) >= 11 is 0. The van der Waals surface area contributed by atoms with Crippen molar-refractivity contribution in [1.29, 1.82) is 0 Å². The Morgan fingerprint density at radius 3 is 1.95 bits per heavy atom. The summed E-state index contributed by atoms with van der Waals surface area (Å²) in [6, 6.07) is 0.390. The van der Waals surface area contributed by atoms with Gasteiger partial charge in [0.15, 0.2) is 23.3 Å². The van der Waals surface area contributed by atoms with Crippen LogP contribution in [0.4, 0.5) is 22.0 Å². The maximum atomic E-state index is 13.5. The van der Waals surface area contributed by atoms with Crippen LogP contribution in [0.2, 0.25) is 0 Å². The third-order valence-corrected chi connectivity index (χ3v) is 3.24. The molecule has 0 aromatic heterocycles. The van der Waals surface area contributed by atoms with Crippen LogP contribution < -0.4 is 5.32 Å². The quantitative estimate of drug-likeness (QED) is 0.492. The summed E-state index contributed by atoms with van der Waals surface area (Å²) in [6.07, 6.45) is 3.57. The molecule has 0 heterocycles. The summed E-state index contributed by atoms with van der Waals surface area (Å²) in [7, 11) is 0. The van der Waals surface area contributed by atoms with Gasteiger partial charge in [0, 0.05) is 12.6 Å². The number of benzene rings is 1. The van der Waals surface area contributed by atoms with Crippen LogP contribution in [-0.2, 0) is 0 Å². The fraction of sp³-hybridized carbons (Fsp3) is 0.429. The van der Waals surface area contributed by atoms with Gasteiger partial charge in [-0.25, -0.2) is 22.0 Å². The molecule has 0 unspecified atom stereocenters.